The quantitative estimate of drug-likeness (QED) is 0.785. The second kappa shape index (κ2) is 5.14. The van der Waals surface area contributed by atoms with E-state index >= 15 is 0 Å². The number of hydrogen-bond donors (Lipinski definition) is 1. The van der Waals surface area contributed by atoms with E-state index in [1.807, 2.05) is 0 Å². The number of aryl methyl sites for hydroxylation is 1. The zero-order valence-electron chi connectivity index (χ0n) is 10.6. The average molecular weight is 238 g/mol. The van der Waals surface area contributed by atoms with Gasteiger partial charge in [0.1, 0.15) is 5.69 Å². The monoisotopic (exact) mass is 238 g/mol. The first-order valence-corrected chi connectivity index (χ1v) is 5.43. The predicted octanol–water partition coefficient (Wildman–Crippen LogP) is 0.680. The normalized spacial score (nSPS) is 12.3. The molecule has 5 nitrogen and oxygen atoms in total. The van der Waals surface area contributed by atoms with Gasteiger partial charge in [0.2, 0.25) is 0 Å². The Morgan fingerprint density at radius 2 is 2.12 bits per heavy atom. The summed E-state index contributed by atoms with van der Waals surface area (Å²) in [5.74, 6) is -0.279. The van der Waals surface area contributed by atoms with Crippen molar-refractivity contribution in [3.63, 3.8) is 0 Å². The van der Waals surface area contributed by atoms with E-state index in [-0.39, 0.29) is 24.3 Å². The minimum absolute atomic E-state index is 0.0718. The zero-order valence-corrected chi connectivity index (χ0v) is 10.6. The number of aromatic nitrogens is 1. The van der Waals surface area contributed by atoms with Crippen molar-refractivity contribution in [3.05, 3.63) is 23.5 Å². The molecule has 1 N–H and O–H groups in total. The van der Waals surface area contributed by atoms with E-state index < -0.39 is 0 Å². The van der Waals surface area contributed by atoms with Crippen LogP contribution >= 0.6 is 0 Å². The number of likely N-dealkylation sites (N-methyl/N-ethyl adjacent to an activating group) is 1. The van der Waals surface area contributed by atoms with Crippen LogP contribution < -0.4 is 0 Å². The van der Waals surface area contributed by atoms with E-state index in [1.54, 1.807) is 37.8 Å². The van der Waals surface area contributed by atoms with Gasteiger partial charge in [0.05, 0.1) is 12.6 Å². The van der Waals surface area contributed by atoms with Crippen LogP contribution in [0.25, 0.3) is 0 Å². The Hall–Kier alpha value is -1.62. The largest absolute Gasteiger partial charge is 0.394 e. The third-order valence-corrected chi connectivity index (χ3v) is 2.88. The van der Waals surface area contributed by atoms with Crippen LogP contribution in [0.15, 0.2) is 12.3 Å². The Kier molecular flexibility index (Phi) is 4.07. The number of rotatable bonds is 4. The van der Waals surface area contributed by atoms with Crippen molar-refractivity contribution >= 4 is 11.7 Å². The van der Waals surface area contributed by atoms with E-state index in [9.17, 15) is 9.59 Å². The highest BCUT2D eigenvalue weighted by atomic mass is 16.3. The fourth-order valence-corrected chi connectivity index (χ4v) is 1.47. The first-order valence-electron chi connectivity index (χ1n) is 5.43. The molecule has 1 atom stereocenters. The fraction of sp³-hybridized carbons (Fsp3) is 0.500. The third-order valence-electron chi connectivity index (χ3n) is 2.88. The standard InChI is InChI=1S/C12H18N2O3/c1-8(7-15)14(4)12(17)11-5-10(9(2)16)6-13(11)3/h5-6,8,15H,7H2,1-4H3. The van der Waals surface area contributed by atoms with Gasteiger partial charge in [0.15, 0.2) is 5.78 Å². The van der Waals surface area contributed by atoms with Gasteiger partial charge in [0, 0.05) is 25.9 Å². The van der Waals surface area contributed by atoms with Crippen molar-refractivity contribution in [3.8, 4) is 0 Å². The lowest BCUT2D eigenvalue weighted by Crippen LogP contribution is -2.38. The van der Waals surface area contributed by atoms with E-state index in [4.69, 9.17) is 5.11 Å². The second-order valence-electron chi connectivity index (χ2n) is 4.23. The summed E-state index contributed by atoms with van der Waals surface area (Å²) in [6.07, 6.45) is 1.63. The van der Waals surface area contributed by atoms with Gasteiger partial charge in [-0.1, -0.05) is 0 Å². The molecule has 17 heavy (non-hydrogen) atoms. The third kappa shape index (κ3) is 2.74. The molecule has 0 bridgehead atoms. The highest BCUT2D eigenvalue weighted by molar-refractivity contribution is 5.99. The molecule has 1 amide bonds. The fourth-order valence-electron chi connectivity index (χ4n) is 1.47. The minimum atomic E-state index is -0.252. The Morgan fingerprint density at radius 3 is 2.53 bits per heavy atom. The molecule has 1 unspecified atom stereocenters. The van der Waals surface area contributed by atoms with E-state index in [0.717, 1.165) is 0 Å². The maximum Gasteiger partial charge on any atom is 0.270 e. The molecule has 0 aliphatic carbocycles. The number of aliphatic hydroxyl groups excluding tert-OH is 1. The summed E-state index contributed by atoms with van der Waals surface area (Å²) >= 11 is 0. The van der Waals surface area contributed by atoms with Crippen molar-refractivity contribution in [1.29, 1.82) is 0 Å². The topological polar surface area (TPSA) is 62.5 Å². The molecular weight excluding hydrogens is 220 g/mol. The summed E-state index contributed by atoms with van der Waals surface area (Å²) in [5, 5.41) is 9.01. The van der Waals surface area contributed by atoms with Gasteiger partial charge in [-0.3, -0.25) is 9.59 Å². The van der Waals surface area contributed by atoms with Crippen molar-refractivity contribution in [2.75, 3.05) is 13.7 Å². The molecule has 1 aromatic heterocycles. The first-order chi connectivity index (χ1) is 7.88. The summed E-state index contributed by atoms with van der Waals surface area (Å²) in [4.78, 5) is 24.8. The molecule has 0 aliphatic heterocycles. The van der Waals surface area contributed by atoms with Crippen LogP contribution in [0.1, 0.15) is 34.7 Å². The SMILES string of the molecule is CC(=O)c1cc(C(=O)N(C)C(C)CO)n(C)c1. The number of amides is 1. The molecule has 0 saturated heterocycles. The summed E-state index contributed by atoms with van der Waals surface area (Å²) < 4.78 is 1.62. The summed E-state index contributed by atoms with van der Waals surface area (Å²) in [6, 6.07) is 1.32. The number of ketones is 1. The van der Waals surface area contributed by atoms with Gasteiger partial charge < -0.3 is 14.6 Å². The van der Waals surface area contributed by atoms with Crippen molar-refractivity contribution < 1.29 is 14.7 Å². The van der Waals surface area contributed by atoms with E-state index in [1.165, 1.54) is 11.8 Å². The molecule has 5 heteroatoms. The second-order valence-corrected chi connectivity index (χ2v) is 4.23. The molecule has 0 aliphatic rings. The molecule has 0 fully saturated rings. The number of hydrogen-bond acceptors (Lipinski definition) is 3. The number of carbonyl (C=O) groups excluding carboxylic acids is 2. The molecule has 0 spiro atoms. The van der Waals surface area contributed by atoms with Crippen LogP contribution in [0.3, 0.4) is 0 Å². The minimum Gasteiger partial charge on any atom is -0.394 e. The first kappa shape index (κ1) is 13.4. The zero-order chi connectivity index (χ0) is 13.2. The Bertz CT molecular complexity index is 437. The van der Waals surface area contributed by atoms with Gasteiger partial charge in [0.25, 0.3) is 5.91 Å². The summed E-state index contributed by atoms with van der Waals surface area (Å²) in [6.45, 7) is 3.13. The van der Waals surface area contributed by atoms with Crippen LogP contribution in [0.4, 0.5) is 0 Å². The molecule has 1 heterocycles. The molecule has 0 saturated carbocycles. The molecular formula is C12H18N2O3. The van der Waals surface area contributed by atoms with Crippen LogP contribution in [-0.4, -0.2) is 46.0 Å². The van der Waals surface area contributed by atoms with Crippen molar-refractivity contribution in [2.24, 2.45) is 7.05 Å². The Labute approximate surface area is 101 Å². The maximum absolute atomic E-state index is 12.1. The molecule has 1 rings (SSSR count). The van der Waals surface area contributed by atoms with Crippen molar-refractivity contribution in [2.45, 2.75) is 19.9 Å². The highest BCUT2D eigenvalue weighted by Crippen LogP contribution is 2.11. The van der Waals surface area contributed by atoms with E-state index in [0.29, 0.717) is 11.3 Å². The Balaban J connectivity index is 3.00. The lowest BCUT2D eigenvalue weighted by atomic mass is 10.2. The van der Waals surface area contributed by atoms with Gasteiger partial charge in [-0.05, 0) is 19.9 Å². The Morgan fingerprint density at radius 1 is 1.53 bits per heavy atom. The maximum atomic E-state index is 12.1. The lowest BCUT2D eigenvalue weighted by molar-refractivity contribution is 0.0672. The molecule has 94 valence electrons. The van der Waals surface area contributed by atoms with Gasteiger partial charge in [-0.2, -0.15) is 0 Å². The van der Waals surface area contributed by atoms with Crippen LogP contribution in [0.5, 0.6) is 0 Å². The number of aliphatic hydroxyl groups is 1. The highest BCUT2D eigenvalue weighted by Gasteiger charge is 2.20. The summed E-state index contributed by atoms with van der Waals surface area (Å²) in [7, 11) is 3.35. The lowest BCUT2D eigenvalue weighted by Gasteiger charge is -2.23. The van der Waals surface area contributed by atoms with Crippen LogP contribution in [0, 0.1) is 0 Å². The van der Waals surface area contributed by atoms with Crippen LogP contribution in [0.2, 0.25) is 0 Å². The predicted molar refractivity (Wildman–Crippen MR) is 64.1 cm³/mol. The van der Waals surface area contributed by atoms with Gasteiger partial charge in [-0.25, -0.2) is 0 Å². The van der Waals surface area contributed by atoms with Gasteiger partial charge >= 0.3 is 0 Å². The summed E-state index contributed by atoms with van der Waals surface area (Å²) in [5.41, 5.74) is 0.957. The van der Waals surface area contributed by atoms with E-state index in [2.05, 4.69) is 0 Å². The van der Waals surface area contributed by atoms with Crippen molar-refractivity contribution in [1.82, 2.24) is 9.47 Å². The van der Waals surface area contributed by atoms with Crippen LogP contribution in [-0.2, 0) is 7.05 Å². The number of nitrogens with zero attached hydrogens (tertiary/aromatic N) is 2. The van der Waals surface area contributed by atoms with Gasteiger partial charge in [-0.15, -0.1) is 0 Å². The molecule has 1 aromatic rings. The smallest absolute Gasteiger partial charge is 0.270 e. The molecule has 0 aromatic carbocycles. The average Bonchev–Trinajstić information content (AvgIpc) is 2.68. The number of carbonyl (C=O) groups is 2. The number of Topliss-reactive ketones (excluding diaryl/α,β-unsaturated/α-hetero) is 1. The molecule has 0 radical (unpaired) electrons.